The fraction of sp³-hybridized carbons (Fsp3) is 1.00. The predicted octanol–water partition coefficient (Wildman–Crippen LogP) is 0.138. The van der Waals surface area contributed by atoms with Crippen LogP contribution in [0.2, 0.25) is 0 Å². The van der Waals surface area contributed by atoms with Crippen LogP contribution in [0.1, 0.15) is 13.3 Å². The molecular formula is C7H15NO2. The average molecular weight is 145 g/mol. The zero-order chi connectivity index (χ0) is 7.56. The van der Waals surface area contributed by atoms with E-state index in [0.29, 0.717) is 0 Å². The molecule has 60 valence electrons. The predicted molar refractivity (Wildman–Crippen MR) is 38.8 cm³/mol. The summed E-state index contributed by atoms with van der Waals surface area (Å²) in [4.78, 5) is 0. The van der Waals surface area contributed by atoms with E-state index in [-0.39, 0.29) is 18.2 Å². The van der Waals surface area contributed by atoms with Crippen molar-refractivity contribution in [3.63, 3.8) is 0 Å². The first-order valence-corrected chi connectivity index (χ1v) is 3.69. The van der Waals surface area contributed by atoms with Gasteiger partial charge in [0.25, 0.3) is 0 Å². The fourth-order valence-corrected chi connectivity index (χ4v) is 1.32. The maximum absolute atomic E-state index is 5.65. The van der Waals surface area contributed by atoms with Gasteiger partial charge in [0.2, 0.25) is 0 Å². The van der Waals surface area contributed by atoms with Crippen LogP contribution in [0.4, 0.5) is 0 Å². The summed E-state index contributed by atoms with van der Waals surface area (Å²) in [5, 5.41) is 0. The van der Waals surface area contributed by atoms with Crippen LogP contribution in [-0.2, 0) is 9.47 Å². The van der Waals surface area contributed by atoms with E-state index < -0.39 is 0 Å². The Morgan fingerprint density at radius 1 is 1.60 bits per heavy atom. The molecule has 10 heavy (non-hydrogen) atoms. The SMILES string of the molecule is CCO[C@H]1C[C@@H](N)[C@@H]1OC. The monoisotopic (exact) mass is 145 g/mol. The summed E-state index contributed by atoms with van der Waals surface area (Å²) in [6, 6.07) is 0.182. The molecule has 0 heterocycles. The molecule has 0 amide bonds. The standard InChI is InChI=1S/C7H15NO2/c1-3-10-6-4-5(8)7(6)9-2/h5-7H,3-4,8H2,1-2H3/t5-,6+,7+/m1/s1. The summed E-state index contributed by atoms with van der Waals surface area (Å²) in [6.07, 6.45) is 1.30. The van der Waals surface area contributed by atoms with Gasteiger partial charge in [-0.05, 0) is 13.3 Å². The van der Waals surface area contributed by atoms with Gasteiger partial charge in [0.15, 0.2) is 0 Å². The van der Waals surface area contributed by atoms with E-state index in [0.717, 1.165) is 13.0 Å². The lowest BCUT2D eigenvalue weighted by Gasteiger charge is -2.40. The van der Waals surface area contributed by atoms with Gasteiger partial charge in [0.05, 0.1) is 12.2 Å². The zero-order valence-electron chi connectivity index (χ0n) is 6.54. The van der Waals surface area contributed by atoms with Crippen molar-refractivity contribution in [3.8, 4) is 0 Å². The van der Waals surface area contributed by atoms with E-state index in [9.17, 15) is 0 Å². The zero-order valence-corrected chi connectivity index (χ0v) is 6.54. The van der Waals surface area contributed by atoms with Crippen molar-refractivity contribution in [3.05, 3.63) is 0 Å². The molecule has 0 unspecified atom stereocenters. The van der Waals surface area contributed by atoms with Crippen LogP contribution in [0.15, 0.2) is 0 Å². The van der Waals surface area contributed by atoms with Gasteiger partial charge in [-0.25, -0.2) is 0 Å². The number of hydrogen-bond acceptors (Lipinski definition) is 3. The number of hydrogen-bond donors (Lipinski definition) is 1. The van der Waals surface area contributed by atoms with Gasteiger partial charge in [0.1, 0.15) is 0 Å². The highest BCUT2D eigenvalue weighted by molar-refractivity contribution is 4.94. The van der Waals surface area contributed by atoms with Crippen LogP contribution >= 0.6 is 0 Å². The van der Waals surface area contributed by atoms with Crippen LogP contribution in [-0.4, -0.2) is 32.0 Å². The molecule has 2 N–H and O–H groups in total. The lowest BCUT2D eigenvalue weighted by Crippen LogP contribution is -2.57. The Kier molecular flexibility index (Phi) is 2.65. The largest absolute Gasteiger partial charge is 0.377 e. The first-order valence-electron chi connectivity index (χ1n) is 3.69. The highest BCUT2D eigenvalue weighted by Crippen LogP contribution is 2.24. The molecule has 1 fully saturated rings. The molecule has 1 rings (SSSR count). The summed E-state index contributed by atoms with van der Waals surface area (Å²) < 4.78 is 10.5. The molecule has 0 aromatic rings. The van der Waals surface area contributed by atoms with Crippen molar-refractivity contribution in [2.75, 3.05) is 13.7 Å². The van der Waals surface area contributed by atoms with Gasteiger partial charge in [-0.3, -0.25) is 0 Å². The molecule has 0 aromatic carbocycles. The van der Waals surface area contributed by atoms with Gasteiger partial charge in [0, 0.05) is 19.8 Å². The number of ether oxygens (including phenoxy) is 2. The van der Waals surface area contributed by atoms with Crippen molar-refractivity contribution in [2.45, 2.75) is 31.6 Å². The normalized spacial score (nSPS) is 39.3. The van der Waals surface area contributed by atoms with Crippen LogP contribution < -0.4 is 5.73 Å². The molecule has 0 radical (unpaired) electrons. The molecule has 0 spiro atoms. The second-order valence-electron chi connectivity index (χ2n) is 2.59. The average Bonchev–Trinajstić information content (AvgIpc) is 1.88. The van der Waals surface area contributed by atoms with Crippen LogP contribution in [0.5, 0.6) is 0 Å². The van der Waals surface area contributed by atoms with Crippen LogP contribution in [0.25, 0.3) is 0 Å². The maximum atomic E-state index is 5.65. The Hall–Kier alpha value is -0.120. The van der Waals surface area contributed by atoms with Crippen LogP contribution in [0, 0.1) is 0 Å². The Labute approximate surface area is 61.5 Å². The molecule has 1 aliphatic carbocycles. The van der Waals surface area contributed by atoms with E-state index in [2.05, 4.69) is 0 Å². The smallest absolute Gasteiger partial charge is 0.0984 e. The minimum atomic E-state index is 0.125. The summed E-state index contributed by atoms with van der Waals surface area (Å²) in [7, 11) is 1.68. The second-order valence-corrected chi connectivity index (χ2v) is 2.59. The minimum Gasteiger partial charge on any atom is -0.377 e. The van der Waals surface area contributed by atoms with E-state index in [1.54, 1.807) is 7.11 Å². The lowest BCUT2D eigenvalue weighted by atomic mass is 9.86. The van der Waals surface area contributed by atoms with Crippen molar-refractivity contribution in [1.29, 1.82) is 0 Å². The first-order chi connectivity index (χ1) is 4.79. The highest BCUT2D eigenvalue weighted by Gasteiger charge is 2.39. The van der Waals surface area contributed by atoms with Crippen molar-refractivity contribution in [1.82, 2.24) is 0 Å². The lowest BCUT2D eigenvalue weighted by molar-refractivity contribution is -0.122. The highest BCUT2D eigenvalue weighted by atomic mass is 16.5. The molecule has 1 saturated carbocycles. The summed E-state index contributed by atoms with van der Waals surface area (Å²) in [5.41, 5.74) is 5.65. The number of nitrogens with two attached hydrogens (primary N) is 1. The summed E-state index contributed by atoms with van der Waals surface area (Å²) >= 11 is 0. The third-order valence-electron chi connectivity index (χ3n) is 1.95. The molecule has 3 heteroatoms. The Balaban J connectivity index is 2.23. The molecular weight excluding hydrogens is 130 g/mol. The Bertz CT molecular complexity index is 106. The quantitative estimate of drug-likeness (QED) is 0.614. The van der Waals surface area contributed by atoms with Crippen molar-refractivity contribution in [2.24, 2.45) is 5.73 Å². The van der Waals surface area contributed by atoms with E-state index >= 15 is 0 Å². The van der Waals surface area contributed by atoms with Gasteiger partial charge >= 0.3 is 0 Å². The Morgan fingerprint density at radius 3 is 2.70 bits per heavy atom. The second kappa shape index (κ2) is 3.32. The van der Waals surface area contributed by atoms with Gasteiger partial charge < -0.3 is 15.2 Å². The van der Waals surface area contributed by atoms with Gasteiger partial charge in [-0.15, -0.1) is 0 Å². The molecule has 3 nitrogen and oxygen atoms in total. The molecule has 3 atom stereocenters. The van der Waals surface area contributed by atoms with Crippen LogP contribution in [0.3, 0.4) is 0 Å². The molecule has 0 bridgehead atoms. The first kappa shape index (κ1) is 7.98. The van der Waals surface area contributed by atoms with E-state index in [4.69, 9.17) is 15.2 Å². The van der Waals surface area contributed by atoms with Gasteiger partial charge in [-0.2, -0.15) is 0 Å². The topological polar surface area (TPSA) is 44.5 Å². The molecule has 1 aliphatic rings. The van der Waals surface area contributed by atoms with E-state index in [1.165, 1.54) is 0 Å². The third kappa shape index (κ3) is 1.31. The minimum absolute atomic E-state index is 0.125. The van der Waals surface area contributed by atoms with Crippen molar-refractivity contribution >= 4 is 0 Å². The third-order valence-corrected chi connectivity index (χ3v) is 1.95. The summed E-state index contributed by atoms with van der Waals surface area (Å²) in [5.74, 6) is 0. The molecule has 0 saturated heterocycles. The number of rotatable bonds is 3. The maximum Gasteiger partial charge on any atom is 0.0984 e. The fourth-order valence-electron chi connectivity index (χ4n) is 1.32. The molecule has 0 aliphatic heterocycles. The van der Waals surface area contributed by atoms with Gasteiger partial charge in [-0.1, -0.05) is 0 Å². The van der Waals surface area contributed by atoms with E-state index in [1.807, 2.05) is 6.92 Å². The number of methoxy groups -OCH3 is 1. The van der Waals surface area contributed by atoms with Crippen molar-refractivity contribution < 1.29 is 9.47 Å². The molecule has 0 aromatic heterocycles. The summed E-state index contributed by atoms with van der Waals surface area (Å²) in [6.45, 7) is 2.73. The Morgan fingerprint density at radius 2 is 2.30 bits per heavy atom.